The van der Waals surface area contributed by atoms with Crippen molar-refractivity contribution in [1.29, 1.82) is 0 Å². The van der Waals surface area contributed by atoms with E-state index in [0.29, 0.717) is 11.8 Å². The molecule has 4 atom stereocenters. The summed E-state index contributed by atoms with van der Waals surface area (Å²) in [6.07, 6.45) is 1.38. The summed E-state index contributed by atoms with van der Waals surface area (Å²) in [5.74, 6) is 2.55. The van der Waals surface area contributed by atoms with Gasteiger partial charge in [-0.2, -0.15) is 0 Å². The summed E-state index contributed by atoms with van der Waals surface area (Å²) in [4.78, 5) is 0. The first-order valence-corrected chi connectivity index (χ1v) is 8.64. The van der Waals surface area contributed by atoms with Gasteiger partial charge in [-0.15, -0.1) is 13.2 Å². The van der Waals surface area contributed by atoms with Gasteiger partial charge < -0.3 is 4.74 Å². The van der Waals surface area contributed by atoms with Crippen LogP contribution in [-0.2, 0) is 0 Å². The lowest BCUT2D eigenvalue weighted by molar-refractivity contribution is -0.274. The fourth-order valence-electron chi connectivity index (χ4n) is 3.74. The van der Waals surface area contributed by atoms with Gasteiger partial charge in [0.05, 0.1) is 0 Å². The van der Waals surface area contributed by atoms with Crippen LogP contribution in [0.15, 0.2) is 24.3 Å². The second-order valence-corrected chi connectivity index (χ2v) is 7.11. The summed E-state index contributed by atoms with van der Waals surface area (Å²) in [7, 11) is 0. The minimum atomic E-state index is -4.62. The molecule has 0 aliphatic heterocycles. The lowest BCUT2D eigenvalue weighted by atomic mass is 9.70. The van der Waals surface area contributed by atoms with Crippen molar-refractivity contribution in [1.82, 2.24) is 0 Å². The van der Waals surface area contributed by atoms with E-state index in [4.69, 9.17) is 0 Å². The number of alkyl halides is 3. The highest BCUT2D eigenvalue weighted by Crippen LogP contribution is 2.42. The first kappa shape index (κ1) is 18.2. The molecule has 1 aliphatic rings. The van der Waals surface area contributed by atoms with Crippen molar-refractivity contribution in [2.24, 2.45) is 17.8 Å². The Morgan fingerprint density at radius 3 is 2.35 bits per heavy atom. The van der Waals surface area contributed by atoms with Crippen molar-refractivity contribution in [3.63, 3.8) is 0 Å². The van der Waals surface area contributed by atoms with Crippen LogP contribution in [0, 0.1) is 17.8 Å². The Labute approximate surface area is 137 Å². The van der Waals surface area contributed by atoms with Crippen molar-refractivity contribution in [3.8, 4) is 5.75 Å². The lowest BCUT2D eigenvalue weighted by Crippen LogP contribution is -2.23. The number of hydrogen-bond donors (Lipinski definition) is 0. The molecule has 4 heteroatoms. The zero-order chi connectivity index (χ0) is 17.0. The number of rotatable bonds is 5. The van der Waals surface area contributed by atoms with Crippen LogP contribution < -0.4 is 4.74 Å². The molecule has 4 unspecified atom stereocenters. The van der Waals surface area contributed by atoms with E-state index >= 15 is 0 Å². The maximum atomic E-state index is 12.2. The van der Waals surface area contributed by atoms with Gasteiger partial charge in [0.2, 0.25) is 0 Å². The first-order chi connectivity index (χ1) is 10.8. The van der Waals surface area contributed by atoms with Crippen molar-refractivity contribution in [2.45, 2.75) is 65.2 Å². The molecule has 0 spiro atoms. The van der Waals surface area contributed by atoms with Crippen LogP contribution in [0.1, 0.15) is 64.4 Å². The highest BCUT2D eigenvalue weighted by molar-refractivity contribution is 5.30. The quantitative estimate of drug-likeness (QED) is 0.596. The zero-order valence-corrected chi connectivity index (χ0v) is 14.2. The topological polar surface area (TPSA) is 9.23 Å². The summed E-state index contributed by atoms with van der Waals surface area (Å²) >= 11 is 0. The Morgan fingerprint density at radius 2 is 1.83 bits per heavy atom. The summed E-state index contributed by atoms with van der Waals surface area (Å²) in [6, 6.07) is 6.43. The molecule has 0 amide bonds. The monoisotopic (exact) mass is 328 g/mol. The fourth-order valence-corrected chi connectivity index (χ4v) is 3.74. The highest BCUT2D eigenvalue weighted by atomic mass is 19.4. The van der Waals surface area contributed by atoms with Crippen molar-refractivity contribution >= 4 is 0 Å². The number of hydrogen-bond acceptors (Lipinski definition) is 1. The Bertz CT molecular complexity index is 480. The van der Waals surface area contributed by atoms with Crippen LogP contribution in [0.25, 0.3) is 0 Å². The molecule has 0 bridgehead atoms. The molecule has 1 aliphatic carbocycles. The largest absolute Gasteiger partial charge is 0.573 e. The molecule has 1 fully saturated rings. The Hall–Kier alpha value is -1.19. The van der Waals surface area contributed by atoms with Gasteiger partial charge in [-0.1, -0.05) is 39.3 Å². The molecule has 0 saturated heterocycles. The lowest BCUT2D eigenvalue weighted by Gasteiger charge is -2.35. The second kappa shape index (κ2) is 7.59. The minimum absolute atomic E-state index is 0.139. The zero-order valence-electron chi connectivity index (χ0n) is 14.2. The van der Waals surface area contributed by atoms with E-state index in [2.05, 4.69) is 25.5 Å². The number of halogens is 3. The molecular formula is C19H27F3O. The molecule has 1 aromatic rings. The predicted octanol–water partition coefficient (Wildman–Crippen LogP) is 6.54. The molecule has 130 valence electrons. The fraction of sp³-hybridized carbons (Fsp3) is 0.684. The van der Waals surface area contributed by atoms with Gasteiger partial charge in [-0.3, -0.25) is 0 Å². The van der Waals surface area contributed by atoms with Crippen molar-refractivity contribution in [3.05, 3.63) is 29.8 Å². The van der Waals surface area contributed by atoms with E-state index in [1.54, 1.807) is 12.1 Å². The number of benzene rings is 1. The van der Waals surface area contributed by atoms with E-state index in [9.17, 15) is 13.2 Å². The Balaban J connectivity index is 1.94. The normalized spacial score (nSPS) is 26.8. The van der Waals surface area contributed by atoms with Crippen molar-refractivity contribution in [2.75, 3.05) is 0 Å². The summed E-state index contributed by atoms with van der Waals surface area (Å²) in [5, 5.41) is 0. The summed E-state index contributed by atoms with van der Waals surface area (Å²) < 4.78 is 40.5. The number of ether oxygens (including phenoxy) is 1. The third-order valence-corrected chi connectivity index (χ3v) is 5.33. The molecule has 0 aromatic heterocycles. The first-order valence-electron chi connectivity index (χ1n) is 8.64. The summed E-state index contributed by atoms with van der Waals surface area (Å²) in [5.41, 5.74) is 1.13. The van der Waals surface area contributed by atoms with E-state index in [1.807, 2.05) is 0 Å². The third kappa shape index (κ3) is 5.43. The predicted molar refractivity (Wildman–Crippen MR) is 86.4 cm³/mol. The van der Waals surface area contributed by atoms with Gasteiger partial charge >= 0.3 is 6.36 Å². The molecule has 2 rings (SSSR count). The van der Waals surface area contributed by atoms with E-state index in [-0.39, 0.29) is 5.75 Å². The molecule has 1 nitrogen and oxygen atoms in total. The van der Waals surface area contributed by atoms with E-state index in [1.165, 1.54) is 31.4 Å². The Morgan fingerprint density at radius 1 is 1.17 bits per heavy atom. The second-order valence-electron chi connectivity index (χ2n) is 7.11. The average Bonchev–Trinajstić information content (AvgIpc) is 2.48. The van der Waals surface area contributed by atoms with Crippen LogP contribution in [0.4, 0.5) is 13.2 Å². The highest BCUT2D eigenvalue weighted by Gasteiger charge is 2.32. The maximum absolute atomic E-state index is 12.2. The molecule has 1 saturated carbocycles. The average molecular weight is 328 g/mol. The van der Waals surface area contributed by atoms with Crippen LogP contribution >= 0.6 is 0 Å². The molecular weight excluding hydrogens is 301 g/mol. The molecule has 23 heavy (non-hydrogen) atoms. The van der Waals surface area contributed by atoms with Crippen LogP contribution in [0.5, 0.6) is 5.75 Å². The summed E-state index contributed by atoms with van der Waals surface area (Å²) in [6.45, 7) is 6.88. The third-order valence-electron chi connectivity index (χ3n) is 5.33. The van der Waals surface area contributed by atoms with E-state index < -0.39 is 6.36 Å². The minimum Gasteiger partial charge on any atom is -0.406 e. The molecule has 0 radical (unpaired) electrons. The molecule has 1 aromatic carbocycles. The Kier molecular flexibility index (Phi) is 5.99. The van der Waals surface area contributed by atoms with E-state index in [0.717, 1.165) is 30.2 Å². The van der Waals surface area contributed by atoms with Crippen LogP contribution in [0.3, 0.4) is 0 Å². The molecule has 0 heterocycles. The van der Waals surface area contributed by atoms with Crippen LogP contribution in [-0.4, -0.2) is 6.36 Å². The molecule has 0 N–H and O–H groups in total. The SMILES string of the molecule is CCC(C)CC1CCC(c2ccc(OC(F)(F)F)cc2)CC1C. The van der Waals surface area contributed by atoms with Crippen molar-refractivity contribution < 1.29 is 17.9 Å². The van der Waals surface area contributed by atoms with Gasteiger partial charge in [0.25, 0.3) is 0 Å². The van der Waals surface area contributed by atoms with Gasteiger partial charge in [-0.25, -0.2) is 0 Å². The van der Waals surface area contributed by atoms with Crippen LogP contribution in [0.2, 0.25) is 0 Å². The van der Waals surface area contributed by atoms with Gasteiger partial charge in [0.1, 0.15) is 5.75 Å². The van der Waals surface area contributed by atoms with Gasteiger partial charge in [-0.05, 0) is 67.1 Å². The van der Waals surface area contributed by atoms with Gasteiger partial charge in [0, 0.05) is 0 Å². The maximum Gasteiger partial charge on any atom is 0.573 e. The smallest absolute Gasteiger partial charge is 0.406 e. The van der Waals surface area contributed by atoms with Gasteiger partial charge in [0.15, 0.2) is 0 Å². The standard InChI is InChI=1S/C19H27F3O/c1-4-13(2)11-16-5-6-17(12-14(16)3)15-7-9-18(10-8-15)23-19(20,21)22/h7-10,13-14,16-17H,4-6,11-12H2,1-3H3.